The highest BCUT2D eigenvalue weighted by atomic mass is 19.3. The number of fused-ring (bicyclic) bond motifs is 1. The number of alkyl halides is 2. The number of carbonyl (C=O) groups excluding carboxylic acids is 1. The summed E-state index contributed by atoms with van der Waals surface area (Å²) in [4.78, 5) is 11.4. The third-order valence-corrected chi connectivity index (χ3v) is 2.19. The van der Waals surface area contributed by atoms with E-state index in [-0.39, 0.29) is 11.5 Å². The Kier molecular flexibility index (Phi) is 3.22. The minimum atomic E-state index is -3.65. The van der Waals surface area contributed by atoms with Gasteiger partial charge in [0.25, 0.3) is 0 Å². The molecule has 0 unspecified atom stereocenters. The van der Waals surface area contributed by atoms with Gasteiger partial charge in [-0.1, -0.05) is 6.92 Å². The van der Waals surface area contributed by atoms with E-state index in [0.29, 0.717) is 12.2 Å². The van der Waals surface area contributed by atoms with Crippen LogP contribution in [-0.2, 0) is 0 Å². The SMILES string of the molecule is CCCNC(=O)Nc1ccc2c(c1)OC(F)(F)O2. The molecule has 1 aromatic rings. The molecule has 0 atom stereocenters. The van der Waals surface area contributed by atoms with E-state index in [2.05, 4.69) is 20.1 Å². The lowest BCUT2D eigenvalue weighted by molar-refractivity contribution is -0.286. The molecule has 0 aliphatic carbocycles. The predicted molar refractivity (Wildman–Crippen MR) is 60.0 cm³/mol. The van der Waals surface area contributed by atoms with Gasteiger partial charge in [0.2, 0.25) is 0 Å². The number of nitrogens with one attached hydrogen (secondary N) is 2. The van der Waals surface area contributed by atoms with Gasteiger partial charge in [0.15, 0.2) is 11.5 Å². The van der Waals surface area contributed by atoms with E-state index in [1.54, 1.807) is 0 Å². The maximum atomic E-state index is 12.8. The van der Waals surface area contributed by atoms with Crippen molar-refractivity contribution in [1.82, 2.24) is 5.32 Å². The average Bonchev–Trinajstić information content (AvgIpc) is 2.59. The smallest absolute Gasteiger partial charge is 0.395 e. The predicted octanol–water partition coefficient (Wildman–Crippen LogP) is 2.54. The fourth-order valence-electron chi connectivity index (χ4n) is 1.44. The van der Waals surface area contributed by atoms with E-state index < -0.39 is 12.3 Å². The first-order valence-electron chi connectivity index (χ1n) is 5.45. The van der Waals surface area contributed by atoms with Crippen molar-refractivity contribution in [2.45, 2.75) is 19.6 Å². The van der Waals surface area contributed by atoms with E-state index in [4.69, 9.17) is 0 Å². The van der Waals surface area contributed by atoms with Crippen LogP contribution in [0.3, 0.4) is 0 Å². The molecule has 0 aromatic heterocycles. The van der Waals surface area contributed by atoms with Crippen molar-refractivity contribution in [1.29, 1.82) is 0 Å². The molecule has 0 bridgehead atoms. The summed E-state index contributed by atoms with van der Waals surface area (Å²) in [6, 6.07) is 3.64. The van der Waals surface area contributed by atoms with E-state index >= 15 is 0 Å². The molecule has 0 fully saturated rings. The fourth-order valence-corrected chi connectivity index (χ4v) is 1.44. The summed E-state index contributed by atoms with van der Waals surface area (Å²) in [6.45, 7) is 2.46. The highest BCUT2D eigenvalue weighted by Crippen LogP contribution is 2.42. The van der Waals surface area contributed by atoms with Gasteiger partial charge in [-0.2, -0.15) is 0 Å². The van der Waals surface area contributed by atoms with Crippen LogP contribution in [0.4, 0.5) is 19.3 Å². The highest BCUT2D eigenvalue weighted by Gasteiger charge is 2.43. The van der Waals surface area contributed by atoms with Crippen LogP contribution >= 0.6 is 0 Å². The largest absolute Gasteiger partial charge is 0.586 e. The minimum Gasteiger partial charge on any atom is -0.395 e. The van der Waals surface area contributed by atoms with Gasteiger partial charge < -0.3 is 20.1 Å². The Morgan fingerprint density at radius 1 is 1.33 bits per heavy atom. The van der Waals surface area contributed by atoms with Gasteiger partial charge >= 0.3 is 12.3 Å². The summed E-state index contributed by atoms with van der Waals surface area (Å²) in [5.74, 6) is -0.159. The molecule has 1 aliphatic rings. The zero-order valence-corrected chi connectivity index (χ0v) is 9.63. The van der Waals surface area contributed by atoms with Gasteiger partial charge in [-0.3, -0.25) is 0 Å². The third kappa shape index (κ3) is 2.79. The van der Waals surface area contributed by atoms with Crippen LogP contribution in [0.25, 0.3) is 0 Å². The Morgan fingerprint density at radius 3 is 2.78 bits per heavy atom. The standard InChI is InChI=1S/C11H12F2N2O3/c1-2-5-14-10(16)15-7-3-4-8-9(6-7)18-11(12,13)17-8/h3-4,6H,2,5H2,1H3,(H2,14,15,16). The first-order chi connectivity index (χ1) is 8.50. The molecular weight excluding hydrogens is 246 g/mol. The summed E-state index contributed by atoms with van der Waals surface area (Å²) in [7, 11) is 0. The summed E-state index contributed by atoms with van der Waals surface area (Å²) in [6.07, 6.45) is -2.84. The summed E-state index contributed by atoms with van der Waals surface area (Å²) >= 11 is 0. The molecule has 0 saturated carbocycles. The molecule has 2 N–H and O–H groups in total. The third-order valence-electron chi connectivity index (χ3n) is 2.19. The summed E-state index contributed by atoms with van der Waals surface area (Å²) in [5.41, 5.74) is 0.351. The lowest BCUT2D eigenvalue weighted by Gasteiger charge is -2.06. The molecule has 18 heavy (non-hydrogen) atoms. The fraction of sp³-hybridized carbons (Fsp3) is 0.364. The molecule has 0 radical (unpaired) electrons. The molecule has 2 amide bonds. The van der Waals surface area contributed by atoms with Crippen molar-refractivity contribution in [3.8, 4) is 11.5 Å². The lowest BCUT2D eigenvalue weighted by Crippen LogP contribution is -2.29. The van der Waals surface area contributed by atoms with Crippen LogP contribution in [0.5, 0.6) is 11.5 Å². The Hall–Kier alpha value is -2.05. The van der Waals surface area contributed by atoms with Crippen molar-refractivity contribution < 1.29 is 23.0 Å². The molecular formula is C11H12F2N2O3. The second kappa shape index (κ2) is 4.67. The van der Waals surface area contributed by atoms with Gasteiger partial charge in [0.1, 0.15) is 0 Å². The number of halogens is 2. The summed E-state index contributed by atoms with van der Waals surface area (Å²) < 4.78 is 34.0. The Labute approximate surface area is 102 Å². The molecule has 2 rings (SSSR count). The molecule has 1 heterocycles. The van der Waals surface area contributed by atoms with Crippen molar-refractivity contribution in [3.05, 3.63) is 18.2 Å². The van der Waals surface area contributed by atoms with E-state index in [1.165, 1.54) is 18.2 Å². The number of anilines is 1. The van der Waals surface area contributed by atoms with Crippen LogP contribution in [0.1, 0.15) is 13.3 Å². The van der Waals surface area contributed by atoms with Crippen LogP contribution in [0.15, 0.2) is 18.2 Å². The monoisotopic (exact) mass is 258 g/mol. The Balaban J connectivity index is 2.03. The van der Waals surface area contributed by atoms with E-state index in [9.17, 15) is 13.6 Å². The van der Waals surface area contributed by atoms with Gasteiger partial charge in [-0.15, -0.1) is 8.78 Å². The lowest BCUT2D eigenvalue weighted by atomic mass is 10.3. The Morgan fingerprint density at radius 2 is 2.06 bits per heavy atom. The van der Waals surface area contributed by atoms with Crippen LogP contribution in [0, 0.1) is 0 Å². The quantitative estimate of drug-likeness (QED) is 0.875. The van der Waals surface area contributed by atoms with Crippen molar-refractivity contribution >= 4 is 11.7 Å². The molecule has 5 nitrogen and oxygen atoms in total. The van der Waals surface area contributed by atoms with Crippen LogP contribution in [-0.4, -0.2) is 18.9 Å². The normalized spacial score (nSPS) is 15.3. The molecule has 7 heteroatoms. The van der Waals surface area contributed by atoms with Gasteiger partial charge in [0, 0.05) is 18.3 Å². The number of ether oxygens (including phenoxy) is 2. The second-order valence-corrected chi connectivity index (χ2v) is 3.71. The highest BCUT2D eigenvalue weighted by molar-refractivity contribution is 5.89. The number of carbonyl (C=O) groups is 1. The topological polar surface area (TPSA) is 59.6 Å². The Bertz CT molecular complexity index is 466. The molecule has 0 saturated heterocycles. The number of benzene rings is 1. The second-order valence-electron chi connectivity index (χ2n) is 3.71. The molecule has 98 valence electrons. The average molecular weight is 258 g/mol. The molecule has 0 spiro atoms. The van der Waals surface area contributed by atoms with Crippen molar-refractivity contribution in [2.24, 2.45) is 0 Å². The van der Waals surface area contributed by atoms with Crippen molar-refractivity contribution in [3.63, 3.8) is 0 Å². The number of hydrogen-bond donors (Lipinski definition) is 2. The molecule has 1 aromatic carbocycles. The van der Waals surface area contributed by atoms with Crippen molar-refractivity contribution in [2.75, 3.05) is 11.9 Å². The van der Waals surface area contributed by atoms with E-state index in [0.717, 1.165) is 6.42 Å². The zero-order chi connectivity index (χ0) is 13.2. The summed E-state index contributed by atoms with van der Waals surface area (Å²) in [5, 5.41) is 5.10. The van der Waals surface area contributed by atoms with Gasteiger partial charge in [-0.05, 0) is 18.6 Å². The maximum Gasteiger partial charge on any atom is 0.586 e. The number of urea groups is 1. The number of hydrogen-bond acceptors (Lipinski definition) is 3. The van der Waals surface area contributed by atoms with Crippen LogP contribution in [0.2, 0.25) is 0 Å². The maximum absolute atomic E-state index is 12.8. The first-order valence-corrected chi connectivity index (χ1v) is 5.45. The van der Waals surface area contributed by atoms with Crippen LogP contribution < -0.4 is 20.1 Å². The number of amides is 2. The van der Waals surface area contributed by atoms with E-state index in [1.807, 2.05) is 6.92 Å². The zero-order valence-electron chi connectivity index (χ0n) is 9.63. The van der Waals surface area contributed by atoms with Gasteiger partial charge in [0.05, 0.1) is 0 Å². The van der Waals surface area contributed by atoms with Gasteiger partial charge in [-0.25, -0.2) is 4.79 Å². The molecule has 1 aliphatic heterocycles. The first kappa shape index (κ1) is 12.4. The minimum absolute atomic E-state index is 0.0560. The number of rotatable bonds is 3.